The molecule has 76 valence electrons. The predicted molar refractivity (Wildman–Crippen MR) is 67.6 cm³/mol. The summed E-state index contributed by atoms with van der Waals surface area (Å²) in [4.78, 5) is 1.99. The molecular weight excluding hydrogens is 204 g/mol. The van der Waals surface area contributed by atoms with Crippen LogP contribution in [0, 0.1) is 0 Å². The van der Waals surface area contributed by atoms with Gasteiger partial charge < -0.3 is 10.2 Å². The first-order valence-corrected chi connectivity index (χ1v) is 5.23. The lowest BCUT2D eigenvalue weighted by atomic mass is 10.3. The van der Waals surface area contributed by atoms with Crippen molar-refractivity contribution in [2.45, 2.75) is 0 Å². The van der Waals surface area contributed by atoms with E-state index in [1.54, 1.807) is 0 Å². The zero-order valence-electron chi connectivity index (χ0n) is 8.26. The molecule has 3 heteroatoms. The number of hydrogen-bond acceptors (Lipinski definition) is 1. The maximum Gasteiger partial charge on any atom is 0.177 e. The number of anilines is 1. The highest BCUT2D eigenvalue weighted by Gasteiger charge is 2.05. The van der Waals surface area contributed by atoms with Gasteiger partial charge in [0.15, 0.2) is 5.11 Å². The van der Waals surface area contributed by atoms with Gasteiger partial charge in [0.05, 0.1) is 0 Å². The third kappa shape index (κ3) is 2.67. The van der Waals surface area contributed by atoms with Crippen molar-refractivity contribution in [2.24, 2.45) is 0 Å². The van der Waals surface area contributed by atoms with Gasteiger partial charge in [-0.1, -0.05) is 30.4 Å². The Hall–Kier alpha value is -1.61. The topological polar surface area (TPSA) is 15.3 Å². The van der Waals surface area contributed by atoms with Crippen LogP contribution in [-0.2, 0) is 0 Å². The third-order valence-corrected chi connectivity index (χ3v) is 2.44. The molecule has 2 rings (SSSR count). The molecule has 0 saturated heterocycles. The van der Waals surface area contributed by atoms with E-state index in [1.807, 2.05) is 53.6 Å². The summed E-state index contributed by atoms with van der Waals surface area (Å²) in [6.07, 6.45) is 8.03. The zero-order valence-corrected chi connectivity index (χ0v) is 9.08. The summed E-state index contributed by atoms with van der Waals surface area (Å²) < 4.78 is 0. The van der Waals surface area contributed by atoms with Gasteiger partial charge in [-0.05, 0) is 30.4 Å². The van der Waals surface area contributed by atoms with Crippen LogP contribution in [0.1, 0.15) is 0 Å². The molecule has 1 aliphatic rings. The molecule has 0 unspecified atom stereocenters. The molecule has 1 aromatic carbocycles. The quantitative estimate of drug-likeness (QED) is 0.727. The van der Waals surface area contributed by atoms with Crippen LogP contribution in [0.5, 0.6) is 0 Å². The molecule has 2 nitrogen and oxygen atoms in total. The highest BCUT2D eigenvalue weighted by atomic mass is 32.1. The van der Waals surface area contributed by atoms with E-state index in [9.17, 15) is 0 Å². The zero-order chi connectivity index (χ0) is 10.5. The van der Waals surface area contributed by atoms with Gasteiger partial charge in [0.2, 0.25) is 0 Å². The second kappa shape index (κ2) is 4.75. The number of nitrogens with zero attached hydrogens (tertiary/aromatic N) is 1. The SMILES string of the molecule is S=C(Nc1ccccc1)N1C=CC=CC1. The van der Waals surface area contributed by atoms with Crippen molar-refractivity contribution in [1.82, 2.24) is 4.90 Å². The Morgan fingerprint density at radius 2 is 2.00 bits per heavy atom. The van der Waals surface area contributed by atoms with E-state index < -0.39 is 0 Å². The predicted octanol–water partition coefficient (Wildman–Crippen LogP) is 2.77. The van der Waals surface area contributed by atoms with Crippen molar-refractivity contribution >= 4 is 23.0 Å². The fraction of sp³-hybridized carbons (Fsp3) is 0.0833. The fourth-order valence-electron chi connectivity index (χ4n) is 1.33. The Kier molecular flexibility index (Phi) is 3.15. The standard InChI is InChI=1S/C12H12N2S/c15-12(14-9-5-2-6-10-14)13-11-7-3-1-4-8-11/h1-9H,10H2,(H,13,15). The normalized spacial score (nSPS) is 14.0. The van der Waals surface area contributed by atoms with Crippen molar-refractivity contribution in [1.29, 1.82) is 0 Å². The van der Waals surface area contributed by atoms with Gasteiger partial charge in [-0.3, -0.25) is 0 Å². The second-order valence-corrected chi connectivity index (χ2v) is 3.60. The summed E-state index contributed by atoms with van der Waals surface area (Å²) >= 11 is 5.29. The monoisotopic (exact) mass is 216 g/mol. The molecule has 0 aliphatic carbocycles. The molecule has 0 fully saturated rings. The Morgan fingerprint density at radius 3 is 2.67 bits per heavy atom. The lowest BCUT2D eigenvalue weighted by Crippen LogP contribution is -2.31. The van der Waals surface area contributed by atoms with Crippen LogP contribution >= 0.6 is 12.2 Å². The lowest BCUT2D eigenvalue weighted by Gasteiger charge is -2.22. The number of thiocarbonyl (C=S) groups is 1. The molecule has 0 radical (unpaired) electrons. The Morgan fingerprint density at radius 1 is 1.20 bits per heavy atom. The lowest BCUT2D eigenvalue weighted by molar-refractivity contribution is 0.626. The molecule has 0 saturated carbocycles. The first-order chi connectivity index (χ1) is 7.36. The summed E-state index contributed by atoms with van der Waals surface area (Å²) in [6.45, 7) is 0.829. The van der Waals surface area contributed by atoms with Crippen molar-refractivity contribution < 1.29 is 0 Å². The largest absolute Gasteiger partial charge is 0.332 e. The Balaban J connectivity index is 1.98. The minimum absolute atomic E-state index is 0.724. The number of benzene rings is 1. The summed E-state index contributed by atoms with van der Waals surface area (Å²) in [7, 11) is 0. The first kappa shape index (κ1) is 9.93. The maximum atomic E-state index is 5.29. The van der Waals surface area contributed by atoms with Crippen molar-refractivity contribution in [3.05, 3.63) is 54.8 Å². The molecule has 1 N–H and O–H groups in total. The van der Waals surface area contributed by atoms with Gasteiger partial charge in [-0.15, -0.1) is 0 Å². The van der Waals surface area contributed by atoms with E-state index in [1.165, 1.54) is 0 Å². The molecule has 0 aromatic heterocycles. The number of hydrogen-bond donors (Lipinski definition) is 1. The minimum Gasteiger partial charge on any atom is -0.332 e. The number of para-hydroxylation sites is 1. The van der Waals surface area contributed by atoms with Crippen LogP contribution < -0.4 is 5.32 Å². The van der Waals surface area contributed by atoms with Crippen LogP contribution in [0.15, 0.2) is 54.8 Å². The van der Waals surface area contributed by atoms with E-state index in [0.29, 0.717) is 0 Å². The molecule has 0 spiro atoms. The summed E-state index contributed by atoms with van der Waals surface area (Å²) in [5.41, 5.74) is 1.02. The van der Waals surface area contributed by atoms with Crippen LogP contribution in [0.3, 0.4) is 0 Å². The fourth-order valence-corrected chi connectivity index (χ4v) is 1.59. The van der Waals surface area contributed by atoms with Crippen LogP contribution in [-0.4, -0.2) is 16.6 Å². The molecule has 1 heterocycles. The maximum absolute atomic E-state index is 5.29. The molecule has 1 aliphatic heterocycles. The van der Waals surface area contributed by atoms with E-state index in [2.05, 4.69) is 11.4 Å². The van der Waals surface area contributed by atoms with Gasteiger partial charge in [0, 0.05) is 18.4 Å². The molecule has 1 aromatic rings. The average Bonchev–Trinajstić information content (AvgIpc) is 2.31. The molecular formula is C12H12N2S. The van der Waals surface area contributed by atoms with Gasteiger partial charge in [0.25, 0.3) is 0 Å². The van der Waals surface area contributed by atoms with Crippen LogP contribution in [0.25, 0.3) is 0 Å². The molecule has 15 heavy (non-hydrogen) atoms. The highest BCUT2D eigenvalue weighted by Crippen LogP contribution is 2.08. The first-order valence-electron chi connectivity index (χ1n) is 4.82. The van der Waals surface area contributed by atoms with E-state index in [0.717, 1.165) is 17.3 Å². The minimum atomic E-state index is 0.724. The van der Waals surface area contributed by atoms with E-state index >= 15 is 0 Å². The van der Waals surface area contributed by atoms with Crippen molar-refractivity contribution in [3.63, 3.8) is 0 Å². The van der Waals surface area contributed by atoms with Crippen LogP contribution in [0.2, 0.25) is 0 Å². The Bertz CT molecular complexity index is 395. The smallest absolute Gasteiger partial charge is 0.177 e. The van der Waals surface area contributed by atoms with Gasteiger partial charge in [-0.25, -0.2) is 0 Å². The number of allylic oxidation sites excluding steroid dienone is 2. The van der Waals surface area contributed by atoms with E-state index in [-0.39, 0.29) is 0 Å². The van der Waals surface area contributed by atoms with Gasteiger partial charge >= 0.3 is 0 Å². The van der Waals surface area contributed by atoms with Crippen molar-refractivity contribution in [3.8, 4) is 0 Å². The molecule has 0 atom stereocenters. The van der Waals surface area contributed by atoms with Crippen molar-refractivity contribution in [2.75, 3.05) is 11.9 Å². The second-order valence-electron chi connectivity index (χ2n) is 3.22. The number of rotatable bonds is 1. The van der Waals surface area contributed by atoms with Gasteiger partial charge in [-0.2, -0.15) is 0 Å². The average molecular weight is 216 g/mol. The van der Waals surface area contributed by atoms with E-state index in [4.69, 9.17) is 12.2 Å². The summed E-state index contributed by atoms with van der Waals surface area (Å²) in [6, 6.07) is 9.94. The summed E-state index contributed by atoms with van der Waals surface area (Å²) in [5, 5.41) is 3.91. The highest BCUT2D eigenvalue weighted by molar-refractivity contribution is 7.80. The van der Waals surface area contributed by atoms with Crippen LogP contribution in [0.4, 0.5) is 5.69 Å². The third-order valence-electron chi connectivity index (χ3n) is 2.10. The van der Waals surface area contributed by atoms with Gasteiger partial charge in [0.1, 0.15) is 0 Å². The molecule has 0 amide bonds. The summed E-state index contributed by atoms with van der Waals surface area (Å²) in [5.74, 6) is 0. The molecule has 0 bridgehead atoms. The number of nitrogens with one attached hydrogen (secondary N) is 1. The Labute approximate surface area is 94.9 Å².